The van der Waals surface area contributed by atoms with E-state index in [0.717, 1.165) is 10.0 Å². The number of rotatable bonds is 3. The highest BCUT2D eigenvalue weighted by atomic mass is 79.9. The molecule has 3 N–H and O–H groups in total. The van der Waals surface area contributed by atoms with Crippen molar-refractivity contribution >= 4 is 45.1 Å². The van der Waals surface area contributed by atoms with Gasteiger partial charge in [0.25, 0.3) is 11.8 Å². The van der Waals surface area contributed by atoms with E-state index in [1.54, 1.807) is 36.4 Å². The highest BCUT2D eigenvalue weighted by Crippen LogP contribution is 2.22. The van der Waals surface area contributed by atoms with Gasteiger partial charge in [0.2, 0.25) is 0 Å². The fourth-order valence-electron chi connectivity index (χ4n) is 2.03. The van der Waals surface area contributed by atoms with Crippen LogP contribution in [0.4, 0.5) is 0 Å². The summed E-state index contributed by atoms with van der Waals surface area (Å²) in [6.45, 7) is 1.89. The largest absolute Gasteiger partial charge is 0.496 e. The first-order valence-corrected chi connectivity index (χ1v) is 8.42. The van der Waals surface area contributed by atoms with Crippen LogP contribution in [0, 0.1) is 6.92 Å². The predicted molar refractivity (Wildman–Crippen MR) is 103 cm³/mol. The molecule has 0 bridgehead atoms. The fourth-order valence-corrected chi connectivity index (χ4v) is 2.54. The van der Waals surface area contributed by atoms with Gasteiger partial charge in [-0.25, -0.2) is 0 Å². The van der Waals surface area contributed by atoms with Crippen molar-refractivity contribution in [2.75, 3.05) is 7.11 Å². The highest BCUT2D eigenvalue weighted by Gasteiger charge is 2.14. The lowest BCUT2D eigenvalue weighted by Crippen LogP contribution is -2.48. The summed E-state index contributed by atoms with van der Waals surface area (Å²) in [5.41, 5.74) is 6.69. The topological polar surface area (TPSA) is 79.5 Å². The van der Waals surface area contributed by atoms with Crippen LogP contribution in [0.1, 0.15) is 26.3 Å². The molecule has 130 valence electrons. The highest BCUT2D eigenvalue weighted by molar-refractivity contribution is 9.10. The molecule has 0 atom stereocenters. The van der Waals surface area contributed by atoms with Crippen LogP contribution in [0.3, 0.4) is 0 Å². The van der Waals surface area contributed by atoms with Crippen LogP contribution in [-0.2, 0) is 0 Å². The first kappa shape index (κ1) is 18.9. The van der Waals surface area contributed by atoms with Crippen LogP contribution in [0.15, 0.2) is 46.9 Å². The molecule has 2 amide bonds. The van der Waals surface area contributed by atoms with E-state index in [0.29, 0.717) is 16.9 Å². The van der Waals surface area contributed by atoms with E-state index in [-0.39, 0.29) is 11.0 Å². The molecular formula is C17H16BrN3O3S. The Balaban J connectivity index is 1.95. The number of nitrogens with one attached hydrogen (secondary N) is 3. The lowest BCUT2D eigenvalue weighted by atomic mass is 10.1. The Hall–Kier alpha value is -2.45. The van der Waals surface area contributed by atoms with E-state index >= 15 is 0 Å². The van der Waals surface area contributed by atoms with E-state index in [1.165, 1.54) is 7.11 Å². The number of aryl methyl sites for hydroxylation is 1. The number of thiocarbonyl (C=S) groups is 1. The first-order chi connectivity index (χ1) is 11.9. The number of hydrazine groups is 1. The van der Waals surface area contributed by atoms with Crippen molar-refractivity contribution in [2.45, 2.75) is 6.92 Å². The summed E-state index contributed by atoms with van der Waals surface area (Å²) < 4.78 is 5.88. The van der Waals surface area contributed by atoms with E-state index in [4.69, 9.17) is 17.0 Å². The molecule has 2 aromatic rings. The molecule has 0 aliphatic heterocycles. The predicted octanol–water partition coefficient (Wildman–Crippen LogP) is 2.72. The zero-order valence-electron chi connectivity index (χ0n) is 13.6. The van der Waals surface area contributed by atoms with Gasteiger partial charge in [-0.1, -0.05) is 33.6 Å². The Morgan fingerprint density at radius 2 is 1.84 bits per heavy atom. The molecular weight excluding hydrogens is 406 g/mol. The van der Waals surface area contributed by atoms with E-state index < -0.39 is 5.91 Å². The number of carbonyl (C=O) groups excluding carboxylic acids is 2. The Bertz CT molecular complexity index is 827. The minimum atomic E-state index is -0.458. The number of carbonyl (C=O) groups is 2. The Morgan fingerprint density at radius 3 is 2.52 bits per heavy atom. The summed E-state index contributed by atoms with van der Waals surface area (Å²) >= 11 is 8.33. The third-order valence-corrected chi connectivity index (χ3v) is 3.90. The molecule has 0 saturated carbocycles. The molecule has 2 aromatic carbocycles. The molecule has 25 heavy (non-hydrogen) atoms. The van der Waals surface area contributed by atoms with E-state index in [2.05, 4.69) is 32.1 Å². The van der Waals surface area contributed by atoms with Gasteiger partial charge in [0.1, 0.15) is 5.75 Å². The monoisotopic (exact) mass is 421 g/mol. The van der Waals surface area contributed by atoms with E-state index in [1.807, 2.05) is 13.0 Å². The van der Waals surface area contributed by atoms with Crippen molar-refractivity contribution in [2.24, 2.45) is 0 Å². The minimum Gasteiger partial charge on any atom is -0.496 e. The van der Waals surface area contributed by atoms with Gasteiger partial charge in [-0.3, -0.25) is 25.8 Å². The van der Waals surface area contributed by atoms with Crippen molar-refractivity contribution < 1.29 is 14.3 Å². The summed E-state index contributed by atoms with van der Waals surface area (Å²) in [4.78, 5) is 24.3. The Kier molecular flexibility index (Phi) is 6.49. The van der Waals surface area contributed by atoms with Gasteiger partial charge < -0.3 is 4.74 Å². The second kappa shape index (κ2) is 8.59. The van der Waals surface area contributed by atoms with Gasteiger partial charge in [0.05, 0.1) is 12.7 Å². The van der Waals surface area contributed by atoms with Gasteiger partial charge >= 0.3 is 0 Å². The number of hydrogen-bond donors (Lipinski definition) is 3. The quantitative estimate of drug-likeness (QED) is 0.524. The Morgan fingerprint density at radius 1 is 1.08 bits per heavy atom. The number of methoxy groups -OCH3 is 1. The lowest BCUT2D eigenvalue weighted by molar-refractivity contribution is 0.0934. The van der Waals surface area contributed by atoms with Crippen molar-refractivity contribution in [1.29, 1.82) is 0 Å². The van der Waals surface area contributed by atoms with Crippen LogP contribution in [0.5, 0.6) is 5.75 Å². The summed E-state index contributed by atoms with van der Waals surface area (Å²) in [6.07, 6.45) is 0. The standard InChI is InChI=1S/C17H16BrN3O3S/c1-10-4-3-5-11(8-10)15(22)20-21-17(25)19-16(23)13-9-12(18)6-7-14(13)24-2/h3-9H,1-2H3,(H,20,22)(H2,19,21,23,25). The summed E-state index contributed by atoms with van der Waals surface area (Å²) in [6, 6.07) is 12.1. The molecule has 0 aromatic heterocycles. The van der Waals surface area contributed by atoms with Crippen LogP contribution in [-0.4, -0.2) is 24.0 Å². The van der Waals surface area contributed by atoms with Gasteiger partial charge in [-0.05, 0) is 49.5 Å². The van der Waals surface area contributed by atoms with E-state index in [9.17, 15) is 9.59 Å². The van der Waals surface area contributed by atoms with Gasteiger partial charge in [0, 0.05) is 10.0 Å². The molecule has 0 aliphatic rings. The normalized spacial score (nSPS) is 9.88. The smallest absolute Gasteiger partial charge is 0.269 e. The molecule has 2 rings (SSSR count). The Labute approximate surface area is 159 Å². The molecule has 0 aliphatic carbocycles. The van der Waals surface area contributed by atoms with Crippen LogP contribution in [0.2, 0.25) is 0 Å². The van der Waals surface area contributed by atoms with Crippen molar-refractivity contribution in [3.8, 4) is 5.75 Å². The number of halogens is 1. The van der Waals surface area contributed by atoms with Gasteiger partial charge in [0.15, 0.2) is 5.11 Å². The summed E-state index contributed by atoms with van der Waals surface area (Å²) in [5.74, 6) is -0.409. The third kappa shape index (κ3) is 5.27. The molecule has 0 saturated heterocycles. The van der Waals surface area contributed by atoms with Crippen LogP contribution >= 0.6 is 28.1 Å². The zero-order valence-corrected chi connectivity index (χ0v) is 16.0. The molecule has 0 heterocycles. The maximum absolute atomic E-state index is 12.3. The van der Waals surface area contributed by atoms with Crippen molar-refractivity contribution in [3.63, 3.8) is 0 Å². The minimum absolute atomic E-state index is 0.0342. The number of ether oxygens (including phenoxy) is 1. The van der Waals surface area contributed by atoms with Crippen molar-refractivity contribution in [1.82, 2.24) is 16.2 Å². The van der Waals surface area contributed by atoms with Gasteiger partial charge in [-0.15, -0.1) is 0 Å². The second-order valence-electron chi connectivity index (χ2n) is 5.08. The maximum Gasteiger partial charge on any atom is 0.269 e. The fraction of sp³-hybridized carbons (Fsp3) is 0.118. The zero-order chi connectivity index (χ0) is 18.4. The average Bonchev–Trinajstić information content (AvgIpc) is 2.59. The second-order valence-corrected chi connectivity index (χ2v) is 6.40. The molecule has 8 heteroatoms. The molecule has 0 spiro atoms. The summed E-state index contributed by atoms with van der Waals surface area (Å²) in [7, 11) is 1.47. The summed E-state index contributed by atoms with van der Waals surface area (Å²) in [5, 5.41) is 2.45. The lowest BCUT2D eigenvalue weighted by Gasteiger charge is -2.12. The number of hydrogen-bond acceptors (Lipinski definition) is 4. The number of benzene rings is 2. The maximum atomic E-state index is 12.3. The average molecular weight is 422 g/mol. The molecule has 0 radical (unpaired) electrons. The number of amides is 2. The molecule has 0 fully saturated rings. The van der Waals surface area contributed by atoms with Gasteiger partial charge in [-0.2, -0.15) is 0 Å². The van der Waals surface area contributed by atoms with Crippen LogP contribution < -0.4 is 20.9 Å². The molecule has 0 unspecified atom stereocenters. The van der Waals surface area contributed by atoms with Crippen molar-refractivity contribution in [3.05, 3.63) is 63.6 Å². The first-order valence-electron chi connectivity index (χ1n) is 7.22. The third-order valence-electron chi connectivity index (χ3n) is 3.20. The van der Waals surface area contributed by atoms with Crippen LogP contribution in [0.25, 0.3) is 0 Å². The molecule has 6 nitrogen and oxygen atoms in total. The SMILES string of the molecule is COc1ccc(Br)cc1C(=O)NC(=S)NNC(=O)c1cccc(C)c1.